The van der Waals surface area contributed by atoms with Crippen LogP contribution in [0.4, 0.5) is 0 Å². The highest BCUT2D eigenvalue weighted by Crippen LogP contribution is 2.57. The van der Waals surface area contributed by atoms with E-state index in [1.165, 1.54) is 44.6 Å². The molecule has 0 spiro atoms. The summed E-state index contributed by atoms with van der Waals surface area (Å²) in [7, 11) is 0. The Bertz CT molecular complexity index is 2480. The quantitative estimate of drug-likeness (QED) is 0.0694. The van der Waals surface area contributed by atoms with Crippen LogP contribution in [0.1, 0.15) is 193 Å². The smallest absolute Gasteiger partial charge is 0.139 e. The lowest BCUT2D eigenvalue weighted by Gasteiger charge is -2.41. The van der Waals surface area contributed by atoms with E-state index in [1.54, 1.807) is 0 Å². The second-order valence-electron chi connectivity index (χ2n) is 22.5. The number of rotatable bonds is 23. The van der Waals surface area contributed by atoms with E-state index in [9.17, 15) is 0 Å². The maximum absolute atomic E-state index is 7.38. The van der Waals surface area contributed by atoms with Gasteiger partial charge in [-0.15, -0.1) is 0 Å². The molecule has 0 N–H and O–H groups in total. The molecule has 2 aliphatic heterocycles. The zero-order chi connectivity index (χ0) is 52.0. The first kappa shape index (κ1) is 55.8. The number of fused-ring (bicyclic) bond motifs is 2. The van der Waals surface area contributed by atoms with Crippen LogP contribution in [0.15, 0.2) is 131 Å². The van der Waals surface area contributed by atoms with Crippen LogP contribution in [0.25, 0.3) is 11.1 Å². The van der Waals surface area contributed by atoms with Crippen molar-refractivity contribution < 1.29 is 18.9 Å². The van der Waals surface area contributed by atoms with E-state index in [4.69, 9.17) is 18.9 Å². The first-order valence-electron chi connectivity index (χ1n) is 27.4. The van der Waals surface area contributed by atoms with Gasteiger partial charge >= 0.3 is 0 Å². The Morgan fingerprint density at radius 3 is 1.10 bits per heavy atom. The van der Waals surface area contributed by atoms with Gasteiger partial charge in [0.15, 0.2) is 0 Å². The fourth-order valence-corrected chi connectivity index (χ4v) is 10.4. The molecular formula is C68H90O4. The fraction of sp³-hybridized carbons (Fsp3) is 0.471. The Balaban J connectivity index is 1.34. The van der Waals surface area contributed by atoms with Crippen LogP contribution < -0.4 is 18.9 Å². The maximum atomic E-state index is 7.38. The van der Waals surface area contributed by atoms with Gasteiger partial charge in [-0.1, -0.05) is 106 Å². The molecule has 72 heavy (non-hydrogen) atoms. The van der Waals surface area contributed by atoms with E-state index in [2.05, 4.69) is 158 Å². The minimum absolute atomic E-state index is 0.313. The van der Waals surface area contributed by atoms with Crippen LogP contribution >= 0.6 is 0 Å². The Kier molecular flexibility index (Phi) is 20.1. The topological polar surface area (TPSA) is 36.9 Å². The predicted octanol–water partition coefficient (Wildman–Crippen LogP) is 20.7. The standard InChI is InChI=1S/C68H90O4/c1-47(2)27-21-29-49(5)31-23-33-51(7)35-25-43-67(13)45-41-59-61(65(55(11)53(9)63(59)71-67)69-57-37-17-15-18-38-57)62-60-42-46-68(14,44-26-36-52(8)34-24-32-50(6)30-22-28-48(3)4)72-64(60)54(10)56(12)66(62)70-58-39-19-16-20-40-58/h15-20,27-28,31-32,35-40H,21-26,29-30,33-34,41-46H2,1-14H3/b49-31+,50-32+,51-35+,52-36+/t67-,68-/m1/s1. The molecular weight excluding hydrogens is 881 g/mol. The van der Waals surface area contributed by atoms with Crippen LogP contribution in [0.2, 0.25) is 0 Å². The third kappa shape index (κ3) is 15.3. The summed E-state index contributed by atoms with van der Waals surface area (Å²) in [6, 6.07) is 20.5. The van der Waals surface area contributed by atoms with Gasteiger partial charge in [-0.3, -0.25) is 0 Å². The van der Waals surface area contributed by atoms with Crippen molar-refractivity contribution in [1.82, 2.24) is 0 Å². The lowest BCUT2D eigenvalue weighted by Crippen LogP contribution is -2.37. The third-order valence-electron chi connectivity index (χ3n) is 15.4. The molecule has 0 aromatic heterocycles. The van der Waals surface area contributed by atoms with E-state index in [1.807, 2.05) is 36.4 Å². The van der Waals surface area contributed by atoms with Gasteiger partial charge < -0.3 is 18.9 Å². The minimum Gasteiger partial charge on any atom is -0.487 e. The summed E-state index contributed by atoms with van der Waals surface area (Å²) in [5, 5.41) is 0. The summed E-state index contributed by atoms with van der Waals surface area (Å²) in [5.41, 5.74) is 17.0. The van der Waals surface area contributed by atoms with Crippen molar-refractivity contribution in [3.05, 3.63) is 164 Å². The second kappa shape index (κ2) is 26.0. The first-order valence-corrected chi connectivity index (χ1v) is 27.4. The highest BCUT2D eigenvalue weighted by atomic mass is 16.5. The maximum Gasteiger partial charge on any atom is 0.139 e. The number of para-hydroxylation sites is 2. The SMILES string of the molecule is CC(C)=CCC/C(C)=C/CC/C(C)=C/CC[C@]1(C)CCc2c(c(C)c(C)c(Oc3ccccc3)c2-c2c3c(c(C)c(C)c2Oc2ccccc2)O[C@](C)(CC/C=C(\C)CC/C=C(\C)CCC=C(C)C)CC3)O1. The molecule has 0 amide bonds. The van der Waals surface area contributed by atoms with Gasteiger partial charge in [-0.25, -0.2) is 0 Å². The van der Waals surface area contributed by atoms with Crippen molar-refractivity contribution in [2.75, 3.05) is 0 Å². The van der Waals surface area contributed by atoms with Crippen molar-refractivity contribution in [2.45, 2.75) is 211 Å². The van der Waals surface area contributed by atoms with E-state index in [-0.39, 0.29) is 11.2 Å². The fourth-order valence-electron chi connectivity index (χ4n) is 10.4. The molecule has 0 fully saturated rings. The number of hydrogen-bond acceptors (Lipinski definition) is 4. The average Bonchev–Trinajstić information content (AvgIpc) is 3.33. The van der Waals surface area contributed by atoms with Crippen molar-refractivity contribution in [1.29, 1.82) is 0 Å². The van der Waals surface area contributed by atoms with Crippen LogP contribution in [0.3, 0.4) is 0 Å². The van der Waals surface area contributed by atoms with E-state index in [0.717, 1.165) is 171 Å². The number of allylic oxidation sites excluding steroid dienone is 12. The molecule has 2 heterocycles. The highest BCUT2D eigenvalue weighted by Gasteiger charge is 2.40. The Labute approximate surface area is 437 Å². The van der Waals surface area contributed by atoms with Crippen LogP contribution in [-0.2, 0) is 12.8 Å². The van der Waals surface area contributed by atoms with Crippen molar-refractivity contribution >= 4 is 0 Å². The lowest BCUT2D eigenvalue weighted by molar-refractivity contribution is 0.0554. The zero-order valence-corrected chi connectivity index (χ0v) is 47.2. The Morgan fingerprint density at radius 1 is 0.444 bits per heavy atom. The Morgan fingerprint density at radius 2 is 0.764 bits per heavy atom. The van der Waals surface area contributed by atoms with Crippen molar-refractivity contribution in [3.8, 4) is 45.6 Å². The summed E-state index contributed by atoms with van der Waals surface area (Å²) in [6.45, 7) is 31.3. The van der Waals surface area contributed by atoms with Gasteiger partial charge in [0.2, 0.25) is 0 Å². The molecule has 0 radical (unpaired) electrons. The highest BCUT2D eigenvalue weighted by molar-refractivity contribution is 5.89. The molecule has 4 aromatic rings. The Hall–Kier alpha value is -5.48. The van der Waals surface area contributed by atoms with E-state index < -0.39 is 0 Å². The molecule has 0 saturated heterocycles. The van der Waals surface area contributed by atoms with E-state index >= 15 is 0 Å². The molecule has 386 valence electrons. The number of ether oxygens (including phenoxy) is 4. The first-order chi connectivity index (χ1) is 34.4. The van der Waals surface area contributed by atoms with Gasteiger partial charge in [-0.05, 0) is 246 Å². The largest absolute Gasteiger partial charge is 0.487 e. The van der Waals surface area contributed by atoms with E-state index in [0.29, 0.717) is 0 Å². The molecule has 6 rings (SSSR count). The lowest BCUT2D eigenvalue weighted by atomic mass is 9.78. The zero-order valence-electron chi connectivity index (χ0n) is 47.2. The summed E-state index contributed by atoms with van der Waals surface area (Å²) >= 11 is 0. The second-order valence-corrected chi connectivity index (χ2v) is 22.5. The van der Waals surface area contributed by atoms with Gasteiger partial charge in [0, 0.05) is 22.3 Å². The number of benzene rings is 4. The van der Waals surface area contributed by atoms with Gasteiger partial charge in [-0.2, -0.15) is 0 Å². The molecule has 4 nitrogen and oxygen atoms in total. The molecule has 0 saturated carbocycles. The summed E-state index contributed by atoms with van der Waals surface area (Å²) < 4.78 is 29.0. The molecule has 4 heteroatoms. The van der Waals surface area contributed by atoms with Gasteiger partial charge in [0.1, 0.15) is 45.7 Å². The normalized spacial score (nSPS) is 18.1. The third-order valence-corrected chi connectivity index (χ3v) is 15.4. The van der Waals surface area contributed by atoms with Crippen LogP contribution in [-0.4, -0.2) is 11.2 Å². The predicted molar refractivity (Wildman–Crippen MR) is 308 cm³/mol. The number of hydrogen-bond donors (Lipinski definition) is 0. The molecule has 0 unspecified atom stereocenters. The summed E-state index contributed by atoms with van der Waals surface area (Å²) in [6.07, 6.45) is 30.7. The average molecular weight is 971 g/mol. The summed E-state index contributed by atoms with van der Waals surface area (Å²) in [4.78, 5) is 0. The van der Waals surface area contributed by atoms with Crippen LogP contribution in [0, 0.1) is 27.7 Å². The monoisotopic (exact) mass is 971 g/mol. The van der Waals surface area contributed by atoms with Crippen LogP contribution in [0.5, 0.6) is 34.5 Å². The molecule has 2 atom stereocenters. The van der Waals surface area contributed by atoms with Gasteiger partial charge in [0.25, 0.3) is 0 Å². The van der Waals surface area contributed by atoms with Crippen molar-refractivity contribution in [3.63, 3.8) is 0 Å². The molecule has 0 aliphatic carbocycles. The molecule has 4 aromatic carbocycles. The minimum atomic E-state index is -0.313. The molecule has 0 bridgehead atoms. The summed E-state index contributed by atoms with van der Waals surface area (Å²) in [5.74, 6) is 5.31. The molecule has 2 aliphatic rings. The van der Waals surface area contributed by atoms with Gasteiger partial charge in [0.05, 0.1) is 0 Å². The van der Waals surface area contributed by atoms with Crippen molar-refractivity contribution in [2.24, 2.45) is 0 Å².